The first-order valence-electron chi connectivity index (χ1n) is 6.16. The summed E-state index contributed by atoms with van der Waals surface area (Å²) in [5, 5.41) is 9.29. The maximum Gasteiger partial charge on any atom is 0.323 e. The van der Waals surface area contributed by atoms with Gasteiger partial charge in [0.2, 0.25) is 0 Å². The number of hydrogen-bond acceptors (Lipinski definition) is 3. The number of carbonyl (C=O) groups is 1. The van der Waals surface area contributed by atoms with Gasteiger partial charge in [0.05, 0.1) is 12.2 Å². The number of carboxylic acid groups (broad SMARTS) is 1. The van der Waals surface area contributed by atoms with Gasteiger partial charge in [-0.25, -0.2) is 0 Å². The SMILES string of the molecule is CC1CCC(CN2CCCC2(C)C(=O)O)O1. The molecule has 0 bridgehead atoms. The third-order valence-electron chi connectivity index (χ3n) is 3.99. The zero-order valence-electron chi connectivity index (χ0n) is 10.1. The Kier molecular flexibility index (Phi) is 3.22. The average Bonchev–Trinajstić information content (AvgIpc) is 2.76. The van der Waals surface area contributed by atoms with Crippen molar-refractivity contribution in [1.29, 1.82) is 0 Å². The first-order chi connectivity index (χ1) is 7.52. The highest BCUT2D eigenvalue weighted by atomic mass is 16.5. The molecule has 0 aromatic carbocycles. The van der Waals surface area contributed by atoms with Gasteiger partial charge in [-0.05, 0) is 46.1 Å². The molecule has 4 nitrogen and oxygen atoms in total. The van der Waals surface area contributed by atoms with Crippen molar-refractivity contribution in [2.24, 2.45) is 0 Å². The molecule has 2 heterocycles. The van der Waals surface area contributed by atoms with E-state index in [1.165, 1.54) is 0 Å². The van der Waals surface area contributed by atoms with E-state index >= 15 is 0 Å². The Morgan fingerprint density at radius 3 is 2.88 bits per heavy atom. The highest BCUT2D eigenvalue weighted by molar-refractivity contribution is 5.78. The maximum atomic E-state index is 11.3. The topological polar surface area (TPSA) is 49.8 Å². The number of carboxylic acids is 1. The standard InChI is InChI=1S/C12H21NO3/c1-9-4-5-10(16-9)8-13-7-3-6-12(13,2)11(14)15/h9-10H,3-8H2,1-2H3,(H,14,15). The second-order valence-corrected chi connectivity index (χ2v) is 5.27. The number of likely N-dealkylation sites (tertiary alicyclic amines) is 1. The Hall–Kier alpha value is -0.610. The summed E-state index contributed by atoms with van der Waals surface area (Å²) in [7, 11) is 0. The van der Waals surface area contributed by atoms with Crippen molar-refractivity contribution in [3.8, 4) is 0 Å². The van der Waals surface area contributed by atoms with Crippen LogP contribution in [0.2, 0.25) is 0 Å². The van der Waals surface area contributed by atoms with Gasteiger partial charge >= 0.3 is 5.97 Å². The van der Waals surface area contributed by atoms with Crippen molar-refractivity contribution >= 4 is 5.97 Å². The van der Waals surface area contributed by atoms with Crippen molar-refractivity contribution in [3.05, 3.63) is 0 Å². The van der Waals surface area contributed by atoms with Crippen LogP contribution in [0.3, 0.4) is 0 Å². The molecule has 92 valence electrons. The molecule has 0 radical (unpaired) electrons. The minimum atomic E-state index is -0.698. The summed E-state index contributed by atoms with van der Waals surface area (Å²) in [5.41, 5.74) is -0.671. The molecular formula is C12H21NO3. The van der Waals surface area contributed by atoms with Gasteiger partial charge < -0.3 is 9.84 Å². The highest BCUT2D eigenvalue weighted by Crippen LogP contribution is 2.31. The van der Waals surface area contributed by atoms with Crippen LogP contribution in [0.5, 0.6) is 0 Å². The fraction of sp³-hybridized carbons (Fsp3) is 0.917. The number of nitrogens with zero attached hydrogens (tertiary/aromatic N) is 1. The Bertz CT molecular complexity index is 281. The van der Waals surface area contributed by atoms with Crippen molar-refractivity contribution in [2.75, 3.05) is 13.1 Å². The summed E-state index contributed by atoms with van der Waals surface area (Å²) in [6.45, 7) is 5.57. The second kappa shape index (κ2) is 4.34. The number of ether oxygens (including phenoxy) is 1. The molecule has 1 N–H and O–H groups in total. The molecule has 3 atom stereocenters. The third kappa shape index (κ3) is 2.09. The quantitative estimate of drug-likeness (QED) is 0.793. The number of hydrogen-bond donors (Lipinski definition) is 1. The van der Waals surface area contributed by atoms with Crippen LogP contribution in [0.15, 0.2) is 0 Å². The predicted octanol–water partition coefficient (Wildman–Crippen LogP) is 1.49. The molecule has 0 aromatic rings. The van der Waals surface area contributed by atoms with Crippen molar-refractivity contribution in [1.82, 2.24) is 4.90 Å². The zero-order chi connectivity index (χ0) is 11.8. The molecule has 0 spiro atoms. The minimum absolute atomic E-state index is 0.228. The van der Waals surface area contributed by atoms with E-state index in [-0.39, 0.29) is 6.10 Å². The fourth-order valence-electron chi connectivity index (χ4n) is 2.82. The summed E-state index contributed by atoms with van der Waals surface area (Å²) in [5.74, 6) is -0.698. The van der Waals surface area contributed by atoms with E-state index in [4.69, 9.17) is 4.74 Å². The molecule has 3 unspecified atom stereocenters. The van der Waals surface area contributed by atoms with E-state index in [1.807, 2.05) is 6.92 Å². The van der Waals surface area contributed by atoms with Crippen LogP contribution in [-0.2, 0) is 9.53 Å². The molecule has 0 aliphatic carbocycles. The monoisotopic (exact) mass is 227 g/mol. The second-order valence-electron chi connectivity index (χ2n) is 5.27. The first kappa shape index (κ1) is 11.9. The molecule has 2 rings (SSSR count). The molecule has 2 aliphatic rings. The molecular weight excluding hydrogens is 206 g/mol. The van der Waals surface area contributed by atoms with Crippen LogP contribution < -0.4 is 0 Å². The minimum Gasteiger partial charge on any atom is -0.480 e. The Balaban J connectivity index is 1.96. The summed E-state index contributed by atoms with van der Waals surface area (Å²) in [4.78, 5) is 13.4. The van der Waals surface area contributed by atoms with Crippen molar-refractivity contribution in [2.45, 2.75) is 57.3 Å². The largest absolute Gasteiger partial charge is 0.480 e. The van der Waals surface area contributed by atoms with E-state index in [0.29, 0.717) is 6.10 Å². The van der Waals surface area contributed by atoms with Gasteiger partial charge in [0, 0.05) is 6.54 Å². The molecule has 16 heavy (non-hydrogen) atoms. The summed E-state index contributed by atoms with van der Waals surface area (Å²) < 4.78 is 5.76. The Morgan fingerprint density at radius 2 is 2.31 bits per heavy atom. The maximum absolute atomic E-state index is 11.3. The van der Waals surface area contributed by atoms with Gasteiger partial charge in [0.25, 0.3) is 0 Å². The Morgan fingerprint density at radius 1 is 1.56 bits per heavy atom. The van der Waals surface area contributed by atoms with Gasteiger partial charge in [-0.3, -0.25) is 9.69 Å². The highest BCUT2D eigenvalue weighted by Gasteiger charge is 2.44. The molecule has 0 amide bonds. The summed E-state index contributed by atoms with van der Waals surface area (Å²) >= 11 is 0. The summed E-state index contributed by atoms with van der Waals surface area (Å²) in [6.07, 6.45) is 4.46. The normalized spacial score (nSPS) is 40.4. The van der Waals surface area contributed by atoms with Crippen LogP contribution in [0, 0.1) is 0 Å². The fourth-order valence-corrected chi connectivity index (χ4v) is 2.82. The van der Waals surface area contributed by atoms with Crippen LogP contribution >= 0.6 is 0 Å². The lowest BCUT2D eigenvalue weighted by Crippen LogP contribution is -2.50. The average molecular weight is 227 g/mol. The number of aliphatic carboxylic acids is 1. The van der Waals surface area contributed by atoms with E-state index in [1.54, 1.807) is 0 Å². The molecule has 2 aliphatic heterocycles. The first-order valence-corrected chi connectivity index (χ1v) is 6.16. The van der Waals surface area contributed by atoms with E-state index in [9.17, 15) is 9.90 Å². The smallest absolute Gasteiger partial charge is 0.323 e. The molecule has 0 aromatic heterocycles. The van der Waals surface area contributed by atoms with Crippen molar-refractivity contribution < 1.29 is 14.6 Å². The van der Waals surface area contributed by atoms with Gasteiger partial charge in [0.1, 0.15) is 5.54 Å². The van der Waals surface area contributed by atoms with Gasteiger partial charge in [0.15, 0.2) is 0 Å². The molecule has 0 saturated carbocycles. The van der Waals surface area contributed by atoms with E-state index in [0.717, 1.165) is 38.8 Å². The lowest BCUT2D eigenvalue weighted by Gasteiger charge is -2.32. The van der Waals surface area contributed by atoms with Gasteiger partial charge in [-0.1, -0.05) is 0 Å². The number of rotatable bonds is 3. The van der Waals surface area contributed by atoms with Crippen LogP contribution in [0.1, 0.15) is 39.5 Å². The third-order valence-corrected chi connectivity index (χ3v) is 3.99. The summed E-state index contributed by atoms with van der Waals surface area (Å²) in [6, 6.07) is 0. The molecule has 2 saturated heterocycles. The molecule has 2 fully saturated rings. The van der Waals surface area contributed by atoms with E-state index in [2.05, 4.69) is 11.8 Å². The predicted molar refractivity (Wildman–Crippen MR) is 60.4 cm³/mol. The van der Waals surface area contributed by atoms with Crippen molar-refractivity contribution in [3.63, 3.8) is 0 Å². The lowest BCUT2D eigenvalue weighted by atomic mass is 9.99. The zero-order valence-corrected chi connectivity index (χ0v) is 10.1. The van der Waals surface area contributed by atoms with Crippen LogP contribution in [-0.4, -0.2) is 46.8 Å². The van der Waals surface area contributed by atoms with Gasteiger partial charge in [-0.2, -0.15) is 0 Å². The van der Waals surface area contributed by atoms with Gasteiger partial charge in [-0.15, -0.1) is 0 Å². The Labute approximate surface area is 96.6 Å². The van der Waals surface area contributed by atoms with Crippen LogP contribution in [0.4, 0.5) is 0 Å². The van der Waals surface area contributed by atoms with Crippen LogP contribution in [0.25, 0.3) is 0 Å². The molecule has 4 heteroatoms. The van der Waals surface area contributed by atoms with E-state index < -0.39 is 11.5 Å². The lowest BCUT2D eigenvalue weighted by molar-refractivity contribution is -0.149.